The molecule has 28 heavy (non-hydrogen) atoms. The van der Waals surface area contributed by atoms with Crippen LogP contribution < -0.4 is 5.32 Å². The highest BCUT2D eigenvalue weighted by Gasteiger charge is 2.47. The standard InChI is InChI=1S/C21H22F2N2O3/c1-25-18(21(27)28-2)11-15(19(25)14-8-4-6-10-17(14)23)20(26)24-12-13-7-3-5-9-16(13)22/h3-10,15,18-19H,11-12H2,1-2H3,(H,24,26)/t15-,18-,19-/m0/s1. The molecule has 0 radical (unpaired) electrons. The van der Waals surface area contributed by atoms with Gasteiger partial charge in [0.15, 0.2) is 0 Å². The molecular weight excluding hydrogens is 366 g/mol. The van der Waals surface area contributed by atoms with Gasteiger partial charge in [0.1, 0.15) is 17.7 Å². The molecule has 1 fully saturated rings. The van der Waals surface area contributed by atoms with E-state index < -0.39 is 35.6 Å². The van der Waals surface area contributed by atoms with Crippen molar-refractivity contribution in [2.24, 2.45) is 5.92 Å². The Morgan fingerprint density at radius 2 is 1.75 bits per heavy atom. The molecule has 0 unspecified atom stereocenters. The molecule has 2 aromatic rings. The quantitative estimate of drug-likeness (QED) is 0.801. The summed E-state index contributed by atoms with van der Waals surface area (Å²) >= 11 is 0. The van der Waals surface area contributed by atoms with E-state index in [1.54, 1.807) is 48.3 Å². The SMILES string of the molecule is COC(=O)[C@@H]1C[C@H](C(=O)NCc2ccccc2F)[C@H](c2ccccc2F)N1C. The number of likely N-dealkylation sites (tertiary alicyclic amines) is 1. The van der Waals surface area contributed by atoms with E-state index in [-0.39, 0.29) is 18.9 Å². The molecule has 1 aliphatic heterocycles. The van der Waals surface area contributed by atoms with Crippen LogP contribution in [0.5, 0.6) is 0 Å². The van der Waals surface area contributed by atoms with Gasteiger partial charge in [0.25, 0.3) is 0 Å². The summed E-state index contributed by atoms with van der Waals surface area (Å²) in [7, 11) is 2.95. The van der Waals surface area contributed by atoms with Crippen LogP contribution in [-0.4, -0.2) is 37.0 Å². The highest BCUT2D eigenvalue weighted by Crippen LogP contribution is 2.41. The van der Waals surface area contributed by atoms with Gasteiger partial charge in [-0.15, -0.1) is 0 Å². The second-order valence-electron chi connectivity index (χ2n) is 6.82. The van der Waals surface area contributed by atoms with Gasteiger partial charge >= 0.3 is 5.97 Å². The van der Waals surface area contributed by atoms with Crippen LogP contribution in [0, 0.1) is 17.6 Å². The molecule has 0 spiro atoms. The third-order valence-electron chi connectivity index (χ3n) is 5.23. The third-order valence-corrected chi connectivity index (χ3v) is 5.23. The highest BCUT2D eigenvalue weighted by molar-refractivity contribution is 5.83. The molecule has 1 heterocycles. The van der Waals surface area contributed by atoms with Gasteiger partial charge in [-0.25, -0.2) is 8.78 Å². The van der Waals surface area contributed by atoms with Crippen LogP contribution in [0.25, 0.3) is 0 Å². The summed E-state index contributed by atoms with van der Waals surface area (Å²) < 4.78 is 33.1. The van der Waals surface area contributed by atoms with E-state index in [1.165, 1.54) is 19.2 Å². The fourth-order valence-corrected chi connectivity index (χ4v) is 3.77. The van der Waals surface area contributed by atoms with Crippen molar-refractivity contribution in [2.45, 2.75) is 25.0 Å². The van der Waals surface area contributed by atoms with Gasteiger partial charge in [-0.2, -0.15) is 0 Å². The lowest BCUT2D eigenvalue weighted by molar-refractivity contribution is -0.145. The number of ether oxygens (including phenoxy) is 1. The maximum Gasteiger partial charge on any atom is 0.323 e. The number of hydrogen-bond acceptors (Lipinski definition) is 4. The summed E-state index contributed by atoms with van der Waals surface area (Å²) in [6, 6.07) is 11.0. The Balaban J connectivity index is 1.85. The van der Waals surface area contributed by atoms with Crippen LogP contribution in [0.4, 0.5) is 8.78 Å². The van der Waals surface area contributed by atoms with Crippen molar-refractivity contribution in [1.82, 2.24) is 10.2 Å². The topological polar surface area (TPSA) is 58.6 Å². The van der Waals surface area contributed by atoms with Gasteiger partial charge in [-0.05, 0) is 25.6 Å². The maximum atomic E-state index is 14.4. The van der Waals surface area contributed by atoms with Crippen molar-refractivity contribution in [1.29, 1.82) is 0 Å². The van der Waals surface area contributed by atoms with Crippen molar-refractivity contribution in [2.75, 3.05) is 14.2 Å². The zero-order valence-corrected chi connectivity index (χ0v) is 15.7. The first-order valence-corrected chi connectivity index (χ1v) is 8.99. The summed E-state index contributed by atoms with van der Waals surface area (Å²) in [5.74, 6) is -2.39. The van der Waals surface area contributed by atoms with E-state index in [1.807, 2.05) is 0 Å². The first-order valence-electron chi connectivity index (χ1n) is 8.99. The highest BCUT2D eigenvalue weighted by atomic mass is 19.1. The average Bonchev–Trinajstić information content (AvgIpc) is 3.04. The van der Waals surface area contributed by atoms with E-state index in [2.05, 4.69) is 5.32 Å². The minimum Gasteiger partial charge on any atom is -0.468 e. The lowest BCUT2D eigenvalue weighted by Gasteiger charge is -2.27. The number of halogens is 2. The zero-order chi connectivity index (χ0) is 20.3. The monoisotopic (exact) mass is 388 g/mol. The summed E-state index contributed by atoms with van der Waals surface area (Å²) in [5, 5.41) is 2.72. The molecule has 3 atom stereocenters. The molecule has 3 rings (SSSR count). The first-order chi connectivity index (χ1) is 13.4. The molecule has 1 aliphatic rings. The Kier molecular flexibility index (Phi) is 6.04. The van der Waals surface area contributed by atoms with Crippen molar-refractivity contribution in [3.63, 3.8) is 0 Å². The fourth-order valence-electron chi connectivity index (χ4n) is 3.77. The second-order valence-corrected chi connectivity index (χ2v) is 6.82. The number of benzene rings is 2. The first kappa shape index (κ1) is 19.9. The Labute approximate surface area is 162 Å². The maximum absolute atomic E-state index is 14.4. The normalized spacial score (nSPS) is 22.1. The Morgan fingerprint density at radius 1 is 1.11 bits per heavy atom. The molecule has 1 amide bonds. The van der Waals surface area contributed by atoms with Crippen molar-refractivity contribution in [3.8, 4) is 0 Å². The molecule has 0 bridgehead atoms. The van der Waals surface area contributed by atoms with Gasteiger partial charge in [-0.3, -0.25) is 14.5 Å². The van der Waals surface area contributed by atoms with E-state index in [4.69, 9.17) is 4.74 Å². The number of hydrogen-bond donors (Lipinski definition) is 1. The van der Waals surface area contributed by atoms with Crippen molar-refractivity contribution >= 4 is 11.9 Å². The smallest absolute Gasteiger partial charge is 0.323 e. The lowest BCUT2D eigenvalue weighted by atomic mass is 9.92. The number of carbonyl (C=O) groups excluding carboxylic acids is 2. The second kappa shape index (κ2) is 8.48. The number of likely N-dealkylation sites (N-methyl/N-ethyl adjacent to an activating group) is 1. The summed E-state index contributed by atoms with van der Waals surface area (Å²) in [6.07, 6.45) is 0.186. The number of rotatable bonds is 5. The number of esters is 1. The minimum atomic E-state index is -0.683. The van der Waals surface area contributed by atoms with Crippen LogP contribution in [-0.2, 0) is 20.9 Å². The molecule has 1 saturated heterocycles. The van der Waals surface area contributed by atoms with Gasteiger partial charge in [0.05, 0.1) is 13.0 Å². The van der Waals surface area contributed by atoms with E-state index in [0.29, 0.717) is 11.1 Å². The largest absolute Gasteiger partial charge is 0.468 e. The fraction of sp³-hybridized carbons (Fsp3) is 0.333. The number of nitrogens with one attached hydrogen (secondary N) is 1. The minimum absolute atomic E-state index is 0.0125. The molecule has 5 nitrogen and oxygen atoms in total. The molecule has 0 aliphatic carbocycles. The molecule has 2 aromatic carbocycles. The molecule has 7 heteroatoms. The van der Waals surface area contributed by atoms with Crippen molar-refractivity contribution in [3.05, 3.63) is 71.3 Å². The van der Waals surface area contributed by atoms with Gasteiger partial charge in [0.2, 0.25) is 5.91 Å². The summed E-state index contributed by atoms with van der Waals surface area (Å²) in [4.78, 5) is 26.7. The Bertz CT molecular complexity index is 874. The number of amides is 1. The zero-order valence-electron chi connectivity index (χ0n) is 15.7. The van der Waals surface area contributed by atoms with Gasteiger partial charge < -0.3 is 10.1 Å². The Morgan fingerprint density at radius 3 is 2.39 bits per heavy atom. The van der Waals surface area contributed by atoms with Gasteiger partial charge in [0, 0.05) is 23.7 Å². The van der Waals surface area contributed by atoms with Gasteiger partial charge in [-0.1, -0.05) is 36.4 Å². The number of nitrogens with zero attached hydrogens (tertiary/aromatic N) is 1. The Hall–Kier alpha value is -2.80. The molecule has 148 valence electrons. The molecule has 0 saturated carbocycles. The van der Waals surface area contributed by atoms with Crippen LogP contribution in [0.3, 0.4) is 0 Å². The van der Waals surface area contributed by atoms with Crippen LogP contribution in [0.15, 0.2) is 48.5 Å². The van der Waals surface area contributed by atoms with Crippen LogP contribution >= 0.6 is 0 Å². The van der Waals surface area contributed by atoms with Crippen molar-refractivity contribution < 1.29 is 23.1 Å². The number of methoxy groups -OCH3 is 1. The molecular formula is C21H22F2N2O3. The predicted octanol–water partition coefficient (Wildman–Crippen LogP) is 2.82. The average molecular weight is 388 g/mol. The lowest BCUT2D eigenvalue weighted by Crippen LogP contribution is -2.36. The summed E-state index contributed by atoms with van der Waals surface area (Å²) in [6.45, 7) is 0.0125. The molecule has 0 aromatic heterocycles. The molecule has 1 N–H and O–H groups in total. The van der Waals surface area contributed by atoms with E-state index in [9.17, 15) is 18.4 Å². The van der Waals surface area contributed by atoms with Crippen LogP contribution in [0.1, 0.15) is 23.6 Å². The third kappa shape index (κ3) is 3.89. The predicted molar refractivity (Wildman–Crippen MR) is 99.1 cm³/mol. The van der Waals surface area contributed by atoms with E-state index in [0.717, 1.165) is 0 Å². The number of carbonyl (C=O) groups is 2. The summed E-state index contributed by atoms with van der Waals surface area (Å²) in [5.41, 5.74) is 0.691. The van der Waals surface area contributed by atoms with E-state index >= 15 is 0 Å². The van der Waals surface area contributed by atoms with Crippen LogP contribution in [0.2, 0.25) is 0 Å².